The average molecular weight is 344 g/mol. The van der Waals surface area contributed by atoms with E-state index in [0.29, 0.717) is 5.54 Å². The third-order valence-corrected chi connectivity index (χ3v) is 5.94. The molecule has 5 rings (SSSR count). The van der Waals surface area contributed by atoms with Crippen molar-refractivity contribution in [3.05, 3.63) is 72.1 Å². The summed E-state index contributed by atoms with van der Waals surface area (Å²) in [4.78, 5) is 14.3. The van der Waals surface area contributed by atoms with Crippen LogP contribution in [0.3, 0.4) is 0 Å². The molecule has 0 bridgehead atoms. The first-order valence-corrected chi connectivity index (χ1v) is 9.60. The molecule has 1 saturated heterocycles. The Hall–Kier alpha value is -2.62. The lowest BCUT2D eigenvalue weighted by atomic mass is 10.0. The van der Waals surface area contributed by atoms with Crippen molar-refractivity contribution in [2.45, 2.75) is 31.2 Å². The molecule has 1 aromatic carbocycles. The highest BCUT2D eigenvalue weighted by Gasteiger charge is 2.52. The molecule has 1 aliphatic carbocycles. The van der Waals surface area contributed by atoms with Crippen LogP contribution in [-0.4, -0.2) is 45.9 Å². The summed E-state index contributed by atoms with van der Waals surface area (Å²) in [5, 5.41) is 0. The number of hydrogen-bond donors (Lipinski definition) is 0. The van der Waals surface area contributed by atoms with Crippen LogP contribution in [0.4, 0.5) is 0 Å². The summed E-state index contributed by atoms with van der Waals surface area (Å²) >= 11 is 0. The van der Waals surface area contributed by atoms with E-state index in [-0.39, 0.29) is 0 Å². The fourth-order valence-corrected chi connectivity index (χ4v) is 4.21. The third kappa shape index (κ3) is 2.79. The molecule has 0 N–H and O–H groups in total. The summed E-state index contributed by atoms with van der Waals surface area (Å²) in [5.41, 5.74) is 4.01. The quantitative estimate of drug-likeness (QED) is 0.850. The molecule has 3 heterocycles. The van der Waals surface area contributed by atoms with E-state index in [2.05, 4.69) is 63.3 Å². The van der Waals surface area contributed by atoms with Crippen LogP contribution in [0.15, 0.2) is 65.9 Å². The number of pyridine rings is 1. The van der Waals surface area contributed by atoms with E-state index >= 15 is 0 Å². The van der Waals surface area contributed by atoms with Gasteiger partial charge in [-0.1, -0.05) is 30.3 Å². The predicted molar refractivity (Wildman–Crippen MR) is 105 cm³/mol. The largest absolute Gasteiger partial charge is 0.339 e. The normalized spacial score (nSPS) is 20.5. The van der Waals surface area contributed by atoms with Gasteiger partial charge in [0, 0.05) is 43.1 Å². The molecule has 4 nitrogen and oxygen atoms in total. The first kappa shape index (κ1) is 15.6. The second-order valence-electron chi connectivity index (χ2n) is 7.54. The molecule has 2 aliphatic heterocycles. The van der Waals surface area contributed by atoms with E-state index in [0.717, 1.165) is 37.3 Å². The molecule has 0 amide bonds. The molecule has 1 aromatic heterocycles. The lowest BCUT2D eigenvalue weighted by Gasteiger charge is -2.46. The molecule has 0 unspecified atom stereocenters. The van der Waals surface area contributed by atoms with E-state index in [9.17, 15) is 0 Å². The standard InChI is InChI=1S/C22H24N4/c1-2-4-18(5-3-1)8-16-26-21-24-20(19-6-13-23-14-7-19)9-15-25(21)17-12-22(26)10-11-22/h1-7,9,13-14H,8,10-12,15-17H2. The summed E-state index contributed by atoms with van der Waals surface area (Å²) in [6.07, 6.45) is 10.9. The number of nitrogens with zero attached hydrogens (tertiary/aromatic N) is 4. The number of rotatable bonds is 4. The Bertz CT molecular complexity index is 837. The second kappa shape index (κ2) is 6.27. The Morgan fingerprint density at radius 1 is 0.962 bits per heavy atom. The Morgan fingerprint density at radius 2 is 1.77 bits per heavy atom. The van der Waals surface area contributed by atoms with E-state index < -0.39 is 0 Å². The minimum atomic E-state index is 0.366. The van der Waals surface area contributed by atoms with Gasteiger partial charge in [-0.2, -0.15) is 0 Å². The number of guanidine groups is 1. The zero-order valence-corrected chi connectivity index (χ0v) is 15.0. The smallest absolute Gasteiger partial charge is 0.202 e. The first-order chi connectivity index (χ1) is 12.8. The van der Waals surface area contributed by atoms with Gasteiger partial charge >= 0.3 is 0 Å². The van der Waals surface area contributed by atoms with E-state index in [1.807, 2.05) is 12.4 Å². The lowest BCUT2D eigenvalue weighted by Crippen LogP contribution is -2.57. The zero-order chi connectivity index (χ0) is 17.4. The maximum absolute atomic E-state index is 5.11. The van der Waals surface area contributed by atoms with Crippen LogP contribution in [0.2, 0.25) is 0 Å². The molecule has 2 aromatic rings. The van der Waals surface area contributed by atoms with Gasteiger partial charge in [-0.05, 0) is 49.5 Å². The van der Waals surface area contributed by atoms with Crippen molar-refractivity contribution in [2.24, 2.45) is 4.99 Å². The first-order valence-electron chi connectivity index (χ1n) is 9.60. The van der Waals surface area contributed by atoms with Crippen molar-refractivity contribution < 1.29 is 0 Å². The van der Waals surface area contributed by atoms with Crippen molar-refractivity contribution in [2.75, 3.05) is 19.6 Å². The highest BCUT2D eigenvalue weighted by Crippen LogP contribution is 2.48. The summed E-state index contributed by atoms with van der Waals surface area (Å²) < 4.78 is 0. The van der Waals surface area contributed by atoms with Gasteiger partial charge in [0.15, 0.2) is 0 Å². The maximum Gasteiger partial charge on any atom is 0.202 e. The lowest BCUT2D eigenvalue weighted by molar-refractivity contribution is 0.180. The van der Waals surface area contributed by atoms with Gasteiger partial charge in [-0.15, -0.1) is 0 Å². The zero-order valence-electron chi connectivity index (χ0n) is 15.0. The Labute approximate surface area is 154 Å². The monoisotopic (exact) mass is 344 g/mol. The highest BCUT2D eigenvalue weighted by molar-refractivity contribution is 5.90. The van der Waals surface area contributed by atoms with Gasteiger partial charge in [0.2, 0.25) is 5.96 Å². The molecule has 132 valence electrons. The number of benzene rings is 1. The molecule has 0 radical (unpaired) electrons. The average Bonchev–Trinajstić information content (AvgIpc) is 3.48. The Kier molecular flexibility index (Phi) is 3.77. The minimum absolute atomic E-state index is 0.366. The van der Waals surface area contributed by atoms with Crippen LogP contribution in [0.5, 0.6) is 0 Å². The third-order valence-electron chi connectivity index (χ3n) is 5.94. The van der Waals surface area contributed by atoms with Crippen LogP contribution in [0, 0.1) is 0 Å². The number of aromatic nitrogens is 1. The molecule has 3 aliphatic rings. The molecule has 26 heavy (non-hydrogen) atoms. The molecular formula is C22H24N4. The highest BCUT2D eigenvalue weighted by atomic mass is 15.4. The fourth-order valence-electron chi connectivity index (χ4n) is 4.21. The molecule has 1 spiro atoms. The summed E-state index contributed by atoms with van der Waals surface area (Å²) in [7, 11) is 0. The minimum Gasteiger partial charge on any atom is -0.339 e. The molecule has 2 fully saturated rings. The van der Waals surface area contributed by atoms with Gasteiger partial charge in [0.1, 0.15) is 0 Å². The van der Waals surface area contributed by atoms with Gasteiger partial charge in [0.05, 0.1) is 5.70 Å². The van der Waals surface area contributed by atoms with Crippen LogP contribution in [-0.2, 0) is 6.42 Å². The van der Waals surface area contributed by atoms with Crippen LogP contribution in [0.1, 0.15) is 30.4 Å². The maximum atomic E-state index is 5.11. The molecule has 4 heteroatoms. The summed E-state index contributed by atoms with van der Waals surface area (Å²) in [5.74, 6) is 1.18. The van der Waals surface area contributed by atoms with Crippen molar-refractivity contribution in [3.63, 3.8) is 0 Å². The summed E-state index contributed by atoms with van der Waals surface area (Å²) in [6, 6.07) is 14.9. The van der Waals surface area contributed by atoms with E-state index in [1.54, 1.807) is 0 Å². The topological polar surface area (TPSA) is 31.7 Å². The van der Waals surface area contributed by atoms with Gasteiger partial charge in [-0.25, -0.2) is 4.99 Å². The van der Waals surface area contributed by atoms with Gasteiger partial charge in [-0.3, -0.25) is 4.98 Å². The van der Waals surface area contributed by atoms with Gasteiger partial charge < -0.3 is 9.80 Å². The van der Waals surface area contributed by atoms with Crippen LogP contribution in [0.25, 0.3) is 5.70 Å². The molecule has 1 saturated carbocycles. The fraction of sp³-hybridized carbons (Fsp3) is 0.364. The van der Waals surface area contributed by atoms with Crippen molar-refractivity contribution in [1.82, 2.24) is 14.8 Å². The van der Waals surface area contributed by atoms with Crippen molar-refractivity contribution in [1.29, 1.82) is 0 Å². The predicted octanol–water partition coefficient (Wildman–Crippen LogP) is 3.58. The molecular weight excluding hydrogens is 320 g/mol. The number of hydrogen-bond acceptors (Lipinski definition) is 4. The number of fused-ring (bicyclic) bond motifs is 1. The van der Waals surface area contributed by atoms with Crippen molar-refractivity contribution >= 4 is 11.7 Å². The van der Waals surface area contributed by atoms with Crippen LogP contribution >= 0.6 is 0 Å². The Morgan fingerprint density at radius 3 is 2.54 bits per heavy atom. The van der Waals surface area contributed by atoms with E-state index in [1.165, 1.54) is 30.8 Å². The van der Waals surface area contributed by atoms with Crippen LogP contribution < -0.4 is 0 Å². The van der Waals surface area contributed by atoms with Gasteiger partial charge in [0.25, 0.3) is 0 Å². The second-order valence-corrected chi connectivity index (χ2v) is 7.54. The molecule has 0 atom stereocenters. The number of aliphatic imine (C=N–C) groups is 1. The summed E-state index contributed by atoms with van der Waals surface area (Å²) in [6.45, 7) is 3.12. The Balaban J connectivity index is 1.43. The van der Waals surface area contributed by atoms with E-state index in [4.69, 9.17) is 4.99 Å². The SMILES string of the molecule is C1=C(c2ccncc2)N=C2N(C1)CCC1(CC1)N2CCc1ccccc1. The van der Waals surface area contributed by atoms with Crippen molar-refractivity contribution in [3.8, 4) is 0 Å².